The molecule has 4 N–H and O–H groups in total. The molecule has 2 unspecified atom stereocenters. The largest absolute Gasteiger partial charge is 0.369 e. The van der Waals surface area contributed by atoms with E-state index in [1.807, 2.05) is 12.3 Å². The number of carbonyl (C=O) groups excluding carboxylic acids is 1. The first-order valence-corrected chi connectivity index (χ1v) is 8.14. The van der Waals surface area contributed by atoms with E-state index in [2.05, 4.69) is 33.8 Å². The molecule has 2 atom stereocenters. The molecule has 0 bridgehead atoms. The first kappa shape index (κ1) is 16.6. The van der Waals surface area contributed by atoms with Crippen LogP contribution in [0.15, 0.2) is 15.9 Å². The number of primary amides is 1. The molecule has 6 heteroatoms. The summed E-state index contributed by atoms with van der Waals surface area (Å²) in [5, 5.41) is 2.03. The molecule has 0 fully saturated rings. The van der Waals surface area contributed by atoms with E-state index in [-0.39, 0.29) is 24.5 Å². The molecular formula is C13H22BrN3OS. The first-order chi connectivity index (χ1) is 8.95. The number of halogens is 1. The minimum absolute atomic E-state index is 0.0374. The van der Waals surface area contributed by atoms with Crippen molar-refractivity contribution >= 4 is 33.2 Å². The standard InChI is InChI=1S/C13H22BrN3OS/c1-3-4-5-17(7-12(16)18)13(9(2)15)11-6-10(14)8-19-11/h6,8-9,13H,3-5,7,15H2,1-2H3,(H2,16,18). The molecule has 0 aromatic carbocycles. The zero-order valence-electron chi connectivity index (χ0n) is 11.4. The molecule has 0 aliphatic carbocycles. The van der Waals surface area contributed by atoms with Gasteiger partial charge in [-0.1, -0.05) is 13.3 Å². The zero-order chi connectivity index (χ0) is 14.4. The Morgan fingerprint density at radius 3 is 2.68 bits per heavy atom. The third-order valence-corrected chi connectivity index (χ3v) is 4.69. The number of unbranched alkanes of at least 4 members (excludes halogenated alkanes) is 1. The van der Waals surface area contributed by atoms with Gasteiger partial charge in [0.25, 0.3) is 0 Å². The maximum absolute atomic E-state index is 11.3. The van der Waals surface area contributed by atoms with Crippen molar-refractivity contribution in [1.82, 2.24) is 4.90 Å². The fourth-order valence-corrected chi connectivity index (χ4v) is 3.83. The van der Waals surface area contributed by atoms with Crippen LogP contribution in [-0.2, 0) is 4.79 Å². The molecule has 1 amide bonds. The molecule has 19 heavy (non-hydrogen) atoms. The quantitative estimate of drug-likeness (QED) is 0.758. The van der Waals surface area contributed by atoms with Crippen molar-refractivity contribution in [2.45, 2.75) is 38.8 Å². The van der Waals surface area contributed by atoms with Gasteiger partial charge in [-0.3, -0.25) is 9.69 Å². The lowest BCUT2D eigenvalue weighted by atomic mass is 10.1. The molecule has 108 valence electrons. The van der Waals surface area contributed by atoms with Gasteiger partial charge in [-0.05, 0) is 41.9 Å². The highest BCUT2D eigenvalue weighted by atomic mass is 79.9. The van der Waals surface area contributed by atoms with E-state index in [0.29, 0.717) is 0 Å². The maximum Gasteiger partial charge on any atom is 0.231 e. The van der Waals surface area contributed by atoms with Crippen molar-refractivity contribution in [2.24, 2.45) is 11.5 Å². The van der Waals surface area contributed by atoms with Crippen molar-refractivity contribution in [3.8, 4) is 0 Å². The number of amides is 1. The molecule has 1 heterocycles. The van der Waals surface area contributed by atoms with Crippen LogP contribution in [0.5, 0.6) is 0 Å². The number of thiophene rings is 1. The van der Waals surface area contributed by atoms with Crippen molar-refractivity contribution in [1.29, 1.82) is 0 Å². The highest BCUT2D eigenvalue weighted by Crippen LogP contribution is 2.31. The smallest absolute Gasteiger partial charge is 0.231 e. The number of hydrogen-bond acceptors (Lipinski definition) is 4. The second-order valence-electron chi connectivity index (χ2n) is 4.76. The van der Waals surface area contributed by atoms with Gasteiger partial charge in [0, 0.05) is 20.8 Å². The summed E-state index contributed by atoms with van der Waals surface area (Å²) in [5.41, 5.74) is 11.5. The Morgan fingerprint density at radius 1 is 1.58 bits per heavy atom. The summed E-state index contributed by atoms with van der Waals surface area (Å²) in [5.74, 6) is -0.308. The van der Waals surface area contributed by atoms with Crippen LogP contribution in [-0.4, -0.2) is 29.9 Å². The van der Waals surface area contributed by atoms with Crippen LogP contribution in [0.2, 0.25) is 0 Å². The van der Waals surface area contributed by atoms with Crippen molar-refractivity contribution < 1.29 is 4.79 Å². The number of nitrogens with two attached hydrogens (primary N) is 2. The fourth-order valence-electron chi connectivity index (χ4n) is 2.13. The SMILES string of the molecule is CCCCN(CC(N)=O)C(c1cc(Br)cs1)C(C)N. The van der Waals surface area contributed by atoms with E-state index in [1.54, 1.807) is 11.3 Å². The highest BCUT2D eigenvalue weighted by Gasteiger charge is 2.26. The molecular weight excluding hydrogens is 326 g/mol. The molecule has 0 spiro atoms. The minimum Gasteiger partial charge on any atom is -0.369 e. The van der Waals surface area contributed by atoms with E-state index < -0.39 is 0 Å². The Bertz CT molecular complexity index is 408. The van der Waals surface area contributed by atoms with Crippen molar-refractivity contribution in [2.75, 3.05) is 13.1 Å². The van der Waals surface area contributed by atoms with Crippen molar-refractivity contribution in [3.05, 3.63) is 20.8 Å². The summed E-state index contributed by atoms with van der Waals surface area (Å²) >= 11 is 5.12. The van der Waals surface area contributed by atoms with Crippen LogP contribution in [0, 0.1) is 0 Å². The van der Waals surface area contributed by atoms with E-state index in [1.165, 1.54) is 4.88 Å². The Hall–Kier alpha value is -0.430. The number of hydrogen-bond donors (Lipinski definition) is 2. The summed E-state index contributed by atoms with van der Waals surface area (Å²) in [6, 6.07) is 2.05. The second kappa shape index (κ2) is 7.99. The van der Waals surface area contributed by atoms with Crippen LogP contribution in [0.1, 0.15) is 37.6 Å². The number of rotatable bonds is 8. The van der Waals surface area contributed by atoms with Crippen LogP contribution < -0.4 is 11.5 Å². The van der Waals surface area contributed by atoms with Crippen LogP contribution >= 0.6 is 27.3 Å². The number of nitrogens with zero attached hydrogens (tertiary/aromatic N) is 1. The second-order valence-corrected chi connectivity index (χ2v) is 6.62. The molecule has 0 aliphatic rings. The molecule has 0 radical (unpaired) electrons. The van der Waals surface area contributed by atoms with Crippen molar-refractivity contribution in [3.63, 3.8) is 0 Å². The normalized spacial score (nSPS) is 14.6. The summed E-state index contributed by atoms with van der Waals surface area (Å²) in [4.78, 5) is 14.5. The van der Waals surface area contributed by atoms with Gasteiger partial charge in [-0.2, -0.15) is 0 Å². The van der Waals surface area contributed by atoms with Crippen LogP contribution in [0.25, 0.3) is 0 Å². The lowest BCUT2D eigenvalue weighted by Gasteiger charge is -2.32. The minimum atomic E-state index is -0.308. The lowest BCUT2D eigenvalue weighted by molar-refractivity contribution is -0.119. The predicted molar refractivity (Wildman–Crippen MR) is 84.1 cm³/mol. The van der Waals surface area contributed by atoms with Gasteiger partial charge < -0.3 is 11.5 Å². The highest BCUT2D eigenvalue weighted by molar-refractivity contribution is 9.10. The van der Waals surface area contributed by atoms with Crippen LogP contribution in [0.4, 0.5) is 0 Å². The van der Waals surface area contributed by atoms with Gasteiger partial charge in [-0.15, -0.1) is 11.3 Å². The third kappa shape index (κ3) is 5.22. The molecule has 0 saturated heterocycles. The molecule has 4 nitrogen and oxygen atoms in total. The van der Waals surface area contributed by atoms with E-state index in [9.17, 15) is 4.79 Å². The van der Waals surface area contributed by atoms with Gasteiger partial charge in [0.15, 0.2) is 0 Å². The summed E-state index contributed by atoms with van der Waals surface area (Å²) in [6.07, 6.45) is 2.11. The average molecular weight is 348 g/mol. The predicted octanol–water partition coefficient (Wildman–Crippen LogP) is 2.49. The third-order valence-electron chi connectivity index (χ3n) is 2.93. The van der Waals surface area contributed by atoms with Gasteiger partial charge in [-0.25, -0.2) is 0 Å². The topological polar surface area (TPSA) is 72.3 Å². The van der Waals surface area contributed by atoms with E-state index in [4.69, 9.17) is 11.5 Å². The monoisotopic (exact) mass is 347 g/mol. The Morgan fingerprint density at radius 2 is 2.26 bits per heavy atom. The zero-order valence-corrected chi connectivity index (χ0v) is 13.8. The Kier molecular flexibility index (Phi) is 6.99. The molecule has 1 rings (SSSR count). The van der Waals surface area contributed by atoms with Gasteiger partial charge >= 0.3 is 0 Å². The lowest BCUT2D eigenvalue weighted by Crippen LogP contribution is -2.43. The molecule has 1 aromatic rings. The molecule has 0 saturated carbocycles. The molecule has 0 aliphatic heterocycles. The van der Waals surface area contributed by atoms with Crippen LogP contribution in [0.3, 0.4) is 0 Å². The number of carbonyl (C=O) groups is 1. The summed E-state index contributed by atoms with van der Waals surface area (Å²) < 4.78 is 1.05. The fraction of sp³-hybridized carbons (Fsp3) is 0.615. The maximum atomic E-state index is 11.3. The summed E-state index contributed by atoms with van der Waals surface area (Å²) in [6.45, 7) is 5.19. The van der Waals surface area contributed by atoms with Gasteiger partial charge in [0.2, 0.25) is 5.91 Å². The Labute approximate surface area is 127 Å². The van der Waals surface area contributed by atoms with E-state index >= 15 is 0 Å². The first-order valence-electron chi connectivity index (χ1n) is 6.47. The molecule has 1 aromatic heterocycles. The van der Waals surface area contributed by atoms with Gasteiger partial charge in [0.05, 0.1) is 12.6 Å². The van der Waals surface area contributed by atoms with Gasteiger partial charge in [0.1, 0.15) is 0 Å². The Balaban J connectivity index is 2.93. The average Bonchev–Trinajstić information content (AvgIpc) is 2.71. The summed E-state index contributed by atoms with van der Waals surface area (Å²) in [7, 11) is 0. The van der Waals surface area contributed by atoms with E-state index in [0.717, 1.165) is 23.9 Å².